The number of halogens is 1. The third-order valence-electron chi connectivity index (χ3n) is 5.14. The summed E-state index contributed by atoms with van der Waals surface area (Å²) in [5.41, 5.74) is 3.03. The molecule has 0 saturated carbocycles. The molecule has 7 heteroatoms. The Labute approximate surface area is 195 Å². The predicted octanol–water partition coefficient (Wildman–Crippen LogP) is 4.38. The van der Waals surface area contributed by atoms with Gasteiger partial charge in [0.1, 0.15) is 11.9 Å². The molecule has 0 radical (unpaired) electrons. The second-order valence-electron chi connectivity index (χ2n) is 8.61. The Morgan fingerprint density at radius 3 is 2.69 bits per heavy atom. The zero-order chi connectivity index (χ0) is 22.9. The highest BCUT2D eigenvalue weighted by molar-refractivity contribution is 6.30. The van der Waals surface area contributed by atoms with Gasteiger partial charge in [-0.05, 0) is 41.3 Å². The first kappa shape index (κ1) is 24.5. The van der Waals surface area contributed by atoms with Crippen LogP contribution in [0.25, 0.3) is 0 Å². The summed E-state index contributed by atoms with van der Waals surface area (Å²) in [6, 6.07) is 15.6. The molecule has 2 aromatic rings. The highest BCUT2D eigenvalue weighted by Crippen LogP contribution is 2.21. The number of rotatable bonds is 12. The molecule has 0 aliphatic carbocycles. The minimum Gasteiger partial charge on any atom is -0.497 e. The Morgan fingerprint density at radius 2 is 1.97 bits per heavy atom. The van der Waals surface area contributed by atoms with Crippen molar-refractivity contribution in [3.63, 3.8) is 0 Å². The summed E-state index contributed by atoms with van der Waals surface area (Å²) < 4.78 is 11.0. The van der Waals surface area contributed by atoms with Crippen molar-refractivity contribution in [1.82, 2.24) is 4.90 Å². The molecule has 1 aliphatic rings. The van der Waals surface area contributed by atoms with Crippen molar-refractivity contribution in [2.75, 3.05) is 33.4 Å². The standard InChI is InChI=1S/C25H33ClN2O4/c1-18(2)16-31-17-22(29)14-28(13-19-5-4-6-23(11-19)30-3)15-24-12-25(27-32-24)20-7-9-21(26)10-8-20/h4-11,18,22,24,29H,12-17H2,1-3H3/t22-,24-/m1/s1. The molecule has 0 bridgehead atoms. The second-order valence-corrected chi connectivity index (χ2v) is 9.04. The molecule has 3 rings (SSSR count). The van der Waals surface area contributed by atoms with Gasteiger partial charge in [-0.15, -0.1) is 0 Å². The minimum absolute atomic E-state index is 0.0879. The first-order valence-electron chi connectivity index (χ1n) is 11.0. The number of aliphatic hydroxyl groups is 1. The van der Waals surface area contributed by atoms with Crippen LogP contribution in [0, 0.1) is 5.92 Å². The summed E-state index contributed by atoms with van der Waals surface area (Å²) in [7, 11) is 1.66. The molecule has 0 spiro atoms. The van der Waals surface area contributed by atoms with E-state index in [1.807, 2.05) is 42.5 Å². The van der Waals surface area contributed by atoms with E-state index in [4.69, 9.17) is 25.9 Å². The second kappa shape index (κ2) is 12.2. The summed E-state index contributed by atoms with van der Waals surface area (Å²) in [6.45, 7) is 6.91. The van der Waals surface area contributed by atoms with Crippen molar-refractivity contribution in [2.45, 2.75) is 39.0 Å². The van der Waals surface area contributed by atoms with E-state index < -0.39 is 6.10 Å². The minimum atomic E-state index is -0.586. The van der Waals surface area contributed by atoms with Gasteiger partial charge in [0.15, 0.2) is 0 Å². The molecule has 1 aliphatic heterocycles. The van der Waals surface area contributed by atoms with E-state index in [9.17, 15) is 5.11 Å². The van der Waals surface area contributed by atoms with E-state index in [1.54, 1.807) is 7.11 Å². The number of aliphatic hydroxyl groups excluding tert-OH is 1. The smallest absolute Gasteiger partial charge is 0.145 e. The predicted molar refractivity (Wildman–Crippen MR) is 127 cm³/mol. The lowest BCUT2D eigenvalue weighted by Gasteiger charge is -2.27. The number of hydrogen-bond donors (Lipinski definition) is 1. The van der Waals surface area contributed by atoms with E-state index in [-0.39, 0.29) is 6.10 Å². The van der Waals surface area contributed by atoms with E-state index >= 15 is 0 Å². The molecule has 0 unspecified atom stereocenters. The van der Waals surface area contributed by atoms with Gasteiger partial charge in [-0.3, -0.25) is 4.90 Å². The van der Waals surface area contributed by atoms with Crippen LogP contribution < -0.4 is 4.74 Å². The fraction of sp³-hybridized carbons (Fsp3) is 0.480. The Morgan fingerprint density at radius 1 is 1.19 bits per heavy atom. The topological polar surface area (TPSA) is 63.5 Å². The van der Waals surface area contributed by atoms with Crippen molar-refractivity contribution in [3.8, 4) is 5.75 Å². The van der Waals surface area contributed by atoms with Gasteiger partial charge in [-0.2, -0.15) is 0 Å². The number of oxime groups is 1. The van der Waals surface area contributed by atoms with Crippen LogP contribution in [0.2, 0.25) is 5.02 Å². The molecule has 0 amide bonds. The molecular formula is C25H33ClN2O4. The van der Waals surface area contributed by atoms with Gasteiger partial charge in [-0.1, -0.05) is 54.9 Å². The van der Waals surface area contributed by atoms with Crippen LogP contribution in [0.4, 0.5) is 0 Å². The van der Waals surface area contributed by atoms with E-state index in [0.29, 0.717) is 50.2 Å². The van der Waals surface area contributed by atoms with Gasteiger partial charge in [0.25, 0.3) is 0 Å². The largest absolute Gasteiger partial charge is 0.497 e. The van der Waals surface area contributed by atoms with Crippen LogP contribution in [0.15, 0.2) is 53.7 Å². The summed E-state index contributed by atoms with van der Waals surface area (Å²) in [4.78, 5) is 7.92. The summed E-state index contributed by atoms with van der Waals surface area (Å²) >= 11 is 6.00. The number of benzene rings is 2. The van der Waals surface area contributed by atoms with Crippen LogP contribution in [0.5, 0.6) is 5.75 Å². The maximum atomic E-state index is 10.6. The van der Waals surface area contributed by atoms with Crippen LogP contribution >= 0.6 is 11.6 Å². The zero-order valence-electron chi connectivity index (χ0n) is 19.0. The lowest BCUT2D eigenvalue weighted by atomic mass is 10.0. The Kier molecular flexibility index (Phi) is 9.36. The average Bonchev–Trinajstić information content (AvgIpc) is 3.22. The van der Waals surface area contributed by atoms with Crippen molar-refractivity contribution in [2.24, 2.45) is 11.1 Å². The maximum Gasteiger partial charge on any atom is 0.145 e. The lowest BCUT2D eigenvalue weighted by molar-refractivity contribution is -0.00735. The van der Waals surface area contributed by atoms with Crippen LogP contribution in [0.1, 0.15) is 31.4 Å². The molecule has 2 atom stereocenters. The van der Waals surface area contributed by atoms with Gasteiger partial charge in [-0.25, -0.2) is 0 Å². The number of nitrogens with zero attached hydrogens (tertiary/aromatic N) is 2. The van der Waals surface area contributed by atoms with Crippen molar-refractivity contribution >= 4 is 17.3 Å². The quantitative estimate of drug-likeness (QED) is 0.509. The van der Waals surface area contributed by atoms with Crippen LogP contribution in [0.3, 0.4) is 0 Å². The first-order chi connectivity index (χ1) is 15.4. The number of hydrogen-bond acceptors (Lipinski definition) is 6. The fourth-order valence-electron chi connectivity index (χ4n) is 3.65. The third-order valence-corrected chi connectivity index (χ3v) is 5.39. The third kappa shape index (κ3) is 7.78. The Hall–Kier alpha value is -2.12. The van der Waals surface area contributed by atoms with Crippen molar-refractivity contribution < 1.29 is 19.4 Å². The molecular weight excluding hydrogens is 428 g/mol. The maximum absolute atomic E-state index is 10.6. The zero-order valence-corrected chi connectivity index (χ0v) is 19.8. The van der Waals surface area contributed by atoms with Crippen molar-refractivity contribution in [1.29, 1.82) is 0 Å². The summed E-state index contributed by atoms with van der Waals surface area (Å²) in [6.07, 6.45) is 0.0309. The number of methoxy groups -OCH3 is 1. The van der Waals surface area contributed by atoms with E-state index in [1.165, 1.54) is 0 Å². The molecule has 0 fully saturated rings. The monoisotopic (exact) mass is 460 g/mol. The van der Waals surface area contributed by atoms with Gasteiger partial charge in [0.2, 0.25) is 0 Å². The van der Waals surface area contributed by atoms with Gasteiger partial charge < -0.3 is 19.4 Å². The molecule has 6 nitrogen and oxygen atoms in total. The average molecular weight is 461 g/mol. The van der Waals surface area contributed by atoms with E-state index in [2.05, 4.69) is 30.0 Å². The Bertz CT molecular complexity index is 873. The van der Waals surface area contributed by atoms with Gasteiger partial charge in [0, 0.05) is 37.7 Å². The van der Waals surface area contributed by atoms with Crippen LogP contribution in [-0.4, -0.2) is 61.3 Å². The molecule has 32 heavy (non-hydrogen) atoms. The molecule has 0 saturated heterocycles. The highest BCUT2D eigenvalue weighted by Gasteiger charge is 2.26. The van der Waals surface area contributed by atoms with Crippen LogP contribution in [-0.2, 0) is 16.1 Å². The molecule has 1 heterocycles. The normalized spacial score (nSPS) is 16.8. The van der Waals surface area contributed by atoms with Gasteiger partial charge in [0.05, 0.1) is 25.5 Å². The van der Waals surface area contributed by atoms with Gasteiger partial charge >= 0.3 is 0 Å². The fourth-order valence-corrected chi connectivity index (χ4v) is 3.78. The molecule has 1 N–H and O–H groups in total. The summed E-state index contributed by atoms with van der Waals surface area (Å²) in [5.74, 6) is 1.25. The number of ether oxygens (including phenoxy) is 2. The first-order valence-corrected chi connectivity index (χ1v) is 11.4. The molecule has 174 valence electrons. The van der Waals surface area contributed by atoms with Crippen molar-refractivity contribution in [3.05, 3.63) is 64.7 Å². The molecule has 0 aromatic heterocycles. The summed E-state index contributed by atoms with van der Waals surface area (Å²) in [5, 5.41) is 15.6. The molecule has 2 aromatic carbocycles. The lowest BCUT2D eigenvalue weighted by Crippen LogP contribution is -2.39. The van der Waals surface area contributed by atoms with E-state index in [0.717, 1.165) is 22.6 Å². The Balaban J connectivity index is 1.61. The SMILES string of the molecule is COc1cccc(CN(C[C@@H](O)COCC(C)C)C[C@H]2CC(c3ccc(Cl)cc3)=NO2)c1. The highest BCUT2D eigenvalue weighted by atomic mass is 35.5.